The Morgan fingerprint density at radius 3 is 2.89 bits per heavy atom. The van der Waals surface area contributed by atoms with Crippen molar-refractivity contribution in [3.05, 3.63) is 24.2 Å². The van der Waals surface area contributed by atoms with Crippen molar-refractivity contribution in [2.75, 3.05) is 7.05 Å². The van der Waals surface area contributed by atoms with Crippen LogP contribution in [0.5, 0.6) is 0 Å². The van der Waals surface area contributed by atoms with Gasteiger partial charge < -0.3 is 15.1 Å². The smallest absolute Gasteiger partial charge is 0.227 e. The second kappa shape index (κ2) is 6.44. The molecule has 2 atom stereocenters. The molecule has 1 aliphatic rings. The monoisotopic (exact) mass is 286 g/mol. The zero-order valence-electron chi connectivity index (χ0n) is 11.6. The molecule has 1 aliphatic carbocycles. The second-order valence-electron chi connectivity index (χ2n) is 5.58. The van der Waals surface area contributed by atoms with Gasteiger partial charge in [-0.3, -0.25) is 4.79 Å². The number of hydrogen-bond donors (Lipinski definition) is 1. The Bertz CT molecular complexity index is 404. The lowest BCUT2D eigenvalue weighted by molar-refractivity contribution is -0.138. The van der Waals surface area contributed by atoms with Crippen LogP contribution in [0.15, 0.2) is 22.8 Å². The van der Waals surface area contributed by atoms with Gasteiger partial charge in [0, 0.05) is 12.6 Å². The Morgan fingerprint density at radius 2 is 2.32 bits per heavy atom. The molecule has 1 heterocycles. The van der Waals surface area contributed by atoms with Gasteiger partial charge in [-0.2, -0.15) is 0 Å². The molecular weight excluding hydrogens is 264 g/mol. The molecule has 19 heavy (non-hydrogen) atoms. The van der Waals surface area contributed by atoms with Gasteiger partial charge in [-0.25, -0.2) is 0 Å². The molecule has 0 aliphatic heterocycles. The van der Waals surface area contributed by atoms with Crippen molar-refractivity contribution in [3.8, 4) is 0 Å². The van der Waals surface area contributed by atoms with E-state index in [2.05, 4.69) is 0 Å². The second-order valence-corrected chi connectivity index (χ2v) is 5.58. The van der Waals surface area contributed by atoms with Crippen LogP contribution in [0.2, 0.25) is 0 Å². The molecule has 0 saturated heterocycles. The van der Waals surface area contributed by atoms with Gasteiger partial charge in [0.25, 0.3) is 0 Å². The highest BCUT2D eigenvalue weighted by molar-refractivity contribution is 5.85. The summed E-state index contributed by atoms with van der Waals surface area (Å²) >= 11 is 0. The first-order valence-corrected chi connectivity index (χ1v) is 6.57. The van der Waals surface area contributed by atoms with Crippen LogP contribution in [0, 0.1) is 5.92 Å². The van der Waals surface area contributed by atoms with E-state index in [-0.39, 0.29) is 29.8 Å². The van der Waals surface area contributed by atoms with Gasteiger partial charge in [0.2, 0.25) is 5.91 Å². The van der Waals surface area contributed by atoms with Crippen LogP contribution in [-0.2, 0) is 11.3 Å². The average molecular weight is 287 g/mol. The van der Waals surface area contributed by atoms with Gasteiger partial charge in [0.05, 0.1) is 18.7 Å². The molecule has 0 radical (unpaired) electrons. The Kier molecular flexibility index (Phi) is 5.44. The summed E-state index contributed by atoms with van der Waals surface area (Å²) in [4.78, 5) is 14.2. The summed E-state index contributed by atoms with van der Waals surface area (Å²) in [5, 5.41) is 0. The van der Waals surface area contributed by atoms with Crippen LogP contribution in [0.4, 0.5) is 0 Å². The number of furan rings is 1. The molecule has 0 aromatic carbocycles. The highest BCUT2D eigenvalue weighted by Crippen LogP contribution is 2.32. The molecule has 1 fully saturated rings. The number of amides is 1. The van der Waals surface area contributed by atoms with E-state index in [9.17, 15) is 4.79 Å². The van der Waals surface area contributed by atoms with Crippen molar-refractivity contribution < 1.29 is 9.21 Å². The van der Waals surface area contributed by atoms with Crippen LogP contribution < -0.4 is 5.73 Å². The molecule has 2 unspecified atom stereocenters. The van der Waals surface area contributed by atoms with E-state index in [1.165, 1.54) is 0 Å². The molecule has 1 aromatic heterocycles. The Balaban J connectivity index is 0.00000180. The van der Waals surface area contributed by atoms with Crippen molar-refractivity contribution >= 4 is 18.3 Å². The molecule has 5 heteroatoms. The Morgan fingerprint density at radius 1 is 1.58 bits per heavy atom. The molecule has 1 amide bonds. The predicted octanol–water partition coefficient (Wildman–Crippen LogP) is 2.57. The molecule has 2 N–H and O–H groups in total. The van der Waals surface area contributed by atoms with Crippen LogP contribution >= 0.6 is 12.4 Å². The summed E-state index contributed by atoms with van der Waals surface area (Å²) in [5.41, 5.74) is 5.89. The van der Waals surface area contributed by atoms with Crippen LogP contribution in [0.1, 0.15) is 38.4 Å². The number of carbonyl (C=O) groups excluding carboxylic acids is 1. The van der Waals surface area contributed by atoms with Crippen LogP contribution in [0.3, 0.4) is 0 Å². The van der Waals surface area contributed by atoms with Gasteiger partial charge in [-0.1, -0.05) is 12.8 Å². The third kappa shape index (κ3) is 3.74. The molecule has 2 rings (SSSR count). The van der Waals surface area contributed by atoms with Gasteiger partial charge in [-0.05, 0) is 31.9 Å². The maximum absolute atomic E-state index is 12.4. The predicted molar refractivity (Wildman–Crippen MR) is 77.0 cm³/mol. The quantitative estimate of drug-likeness (QED) is 0.929. The van der Waals surface area contributed by atoms with Gasteiger partial charge in [0.1, 0.15) is 5.76 Å². The van der Waals surface area contributed by atoms with E-state index < -0.39 is 0 Å². The summed E-state index contributed by atoms with van der Waals surface area (Å²) in [6.07, 6.45) is 5.67. The number of nitrogens with zero attached hydrogens (tertiary/aromatic N) is 1. The van der Waals surface area contributed by atoms with Gasteiger partial charge in [0.15, 0.2) is 0 Å². The number of halogens is 1. The first-order valence-electron chi connectivity index (χ1n) is 6.57. The van der Waals surface area contributed by atoms with E-state index in [1.807, 2.05) is 26.1 Å². The Hall–Kier alpha value is -1.00. The highest BCUT2D eigenvalue weighted by atomic mass is 35.5. The number of rotatable bonds is 3. The number of carbonyl (C=O) groups is 1. The van der Waals surface area contributed by atoms with Gasteiger partial charge >= 0.3 is 0 Å². The summed E-state index contributed by atoms with van der Waals surface area (Å²) in [6, 6.07) is 3.72. The Labute approximate surface area is 120 Å². The maximum Gasteiger partial charge on any atom is 0.227 e. The minimum absolute atomic E-state index is 0. The highest BCUT2D eigenvalue weighted by Gasteiger charge is 2.39. The molecule has 1 saturated carbocycles. The molecule has 108 valence electrons. The van der Waals surface area contributed by atoms with Gasteiger partial charge in [-0.15, -0.1) is 12.4 Å². The summed E-state index contributed by atoms with van der Waals surface area (Å²) < 4.78 is 5.27. The lowest BCUT2D eigenvalue weighted by atomic mass is 9.74. The largest absolute Gasteiger partial charge is 0.467 e. The van der Waals surface area contributed by atoms with Crippen LogP contribution in [-0.4, -0.2) is 23.4 Å². The summed E-state index contributed by atoms with van der Waals surface area (Å²) in [6.45, 7) is 2.51. The standard InChI is InChI=1S/C14H22N2O2.ClH/c1-14(15)8-4-3-7-12(14)13(17)16(2)10-11-6-5-9-18-11;/h5-6,9,12H,3-4,7-8,10,15H2,1-2H3;1H. The third-order valence-electron chi connectivity index (χ3n) is 3.90. The molecule has 0 spiro atoms. The van der Waals surface area contributed by atoms with Crippen molar-refractivity contribution in [1.82, 2.24) is 4.90 Å². The normalized spacial score (nSPS) is 26.6. The minimum atomic E-state index is -0.368. The first-order chi connectivity index (χ1) is 8.50. The van der Waals surface area contributed by atoms with Crippen molar-refractivity contribution in [2.45, 2.75) is 44.7 Å². The zero-order valence-corrected chi connectivity index (χ0v) is 12.4. The maximum atomic E-state index is 12.4. The van der Waals surface area contributed by atoms with Crippen LogP contribution in [0.25, 0.3) is 0 Å². The minimum Gasteiger partial charge on any atom is -0.467 e. The number of hydrogen-bond acceptors (Lipinski definition) is 3. The lowest BCUT2D eigenvalue weighted by Crippen LogP contribution is -2.52. The van der Waals surface area contributed by atoms with E-state index in [4.69, 9.17) is 10.2 Å². The first kappa shape index (κ1) is 16.1. The lowest BCUT2D eigenvalue weighted by Gasteiger charge is -2.39. The fraction of sp³-hybridized carbons (Fsp3) is 0.643. The van der Waals surface area contributed by atoms with Crippen molar-refractivity contribution in [3.63, 3.8) is 0 Å². The topological polar surface area (TPSA) is 59.5 Å². The van der Waals surface area contributed by atoms with E-state index in [0.29, 0.717) is 6.54 Å². The van der Waals surface area contributed by atoms with E-state index in [0.717, 1.165) is 31.4 Å². The molecule has 0 bridgehead atoms. The average Bonchev–Trinajstić information content (AvgIpc) is 2.80. The third-order valence-corrected chi connectivity index (χ3v) is 3.90. The van der Waals surface area contributed by atoms with E-state index >= 15 is 0 Å². The van der Waals surface area contributed by atoms with E-state index in [1.54, 1.807) is 11.2 Å². The molecular formula is C14H23ClN2O2. The molecule has 4 nitrogen and oxygen atoms in total. The van der Waals surface area contributed by atoms with Crippen molar-refractivity contribution in [2.24, 2.45) is 11.7 Å². The fourth-order valence-electron chi connectivity index (χ4n) is 2.74. The fourth-order valence-corrected chi connectivity index (χ4v) is 2.74. The summed E-state index contributed by atoms with van der Waals surface area (Å²) in [5.74, 6) is 0.877. The SMILES string of the molecule is CN(Cc1ccco1)C(=O)C1CCCCC1(C)N.Cl. The number of nitrogens with two attached hydrogens (primary N) is 1. The molecule has 1 aromatic rings. The zero-order chi connectivity index (χ0) is 13.2. The summed E-state index contributed by atoms with van der Waals surface area (Å²) in [7, 11) is 1.82. The van der Waals surface area contributed by atoms with Crippen molar-refractivity contribution in [1.29, 1.82) is 0 Å².